The number of nitro groups is 1. The molecule has 0 radical (unpaired) electrons. The molecule has 0 aliphatic rings. The second-order valence-corrected chi connectivity index (χ2v) is 7.53. The van der Waals surface area contributed by atoms with Crippen molar-refractivity contribution in [1.82, 2.24) is 10.2 Å². The van der Waals surface area contributed by atoms with E-state index in [1.54, 1.807) is 32.0 Å². The zero-order chi connectivity index (χ0) is 23.8. The van der Waals surface area contributed by atoms with Crippen LogP contribution in [-0.4, -0.2) is 47.9 Å². The Morgan fingerprint density at radius 1 is 1.19 bits per heavy atom. The molecule has 0 aliphatic carbocycles. The number of amides is 2. The van der Waals surface area contributed by atoms with Gasteiger partial charge in [-0.25, -0.2) is 0 Å². The number of halogens is 2. The first-order chi connectivity index (χ1) is 15.2. The van der Waals surface area contributed by atoms with Crippen LogP contribution in [0.4, 0.5) is 5.69 Å². The molecule has 2 rings (SSSR count). The molecule has 0 saturated carbocycles. The minimum atomic E-state index is -0.785. The molecule has 0 saturated heterocycles. The molecule has 172 valence electrons. The van der Waals surface area contributed by atoms with E-state index in [0.29, 0.717) is 22.2 Å². The molecule has 11 heteroatoms. The van der Waals surface area contributed by atoms with Gasteiger partial charge in [-0.15, -0.1) is 0 Å². The van der Waals surface area contributed by atoms with E-state index >= 15 is 0 Å². The Bertz CT molecular complexity index is 1000. The molecule has 2 amide bonds. The lowest BCUT2D eigenvalue weighted by molar-refractivity contribution is -0.385. The normalized spacial score (nSPS) is 11.4. The van der Waals surface area contributed by atoms with E-state index in [1.807, 2.05) is 0 Å². The molecule has 9 nitrogen and oxygen atoms in total. The highest BCUT2D eigenvalue weighted by Gasteiger charge is 2.26. The molecular formula is C21H23Cl2N3O6. The van der Waals surface area contributed by atoms with Crippen LogP contribution in [-0.2, 0) is 16.1 Å². The summed E-state index contributed by atoms with van der Waals surface area (Å²) in [5.74, 6) is -0.575. The number of rotatable bonds is 10. The number of ether oxygens (including phenoxy) is 2. The van der Waals surface area contributed by atoms with Crippen LogP contribution in [0.2, 0.25) is 10.0 Å². The van der Waals surface area contributed by atoms with Crippen LogP contribution in [0.5, 0.6) is 11.5 Å². The van der Waals surface area contributed by atoms with Crippen molar-refractivity contribution in [1.29, 1.82) is 0 Å². The summed E-state index contributed by atoms with van der Waals surface area (Å²) >= 11 is 12.0. The van der Waals surface area contributed by atoms with Crippen molar-refractivity contribution in [3.63, 3.8) is 0 Å². The standard InChI is InChI=1S/C21H23Cl2N3O6/c1-4-24-21(28)13(2)25(11-14-5-7-16(22)17(23)9-14)20(27)12-32-15-6-8-18(26(29)30)19(10-15)31-3/h5-10,13H,4,11-12H2,1-3H3,(H,24,28)/t13-/m1/s1. The number of carbonyl (C=O) groups excluding carboxylic acids is 2. The summed E-state index contributed by atoms with van der Waals surface area (Å²) in [5, 5.41) is 14.4. The summed E-state index contributed by atoms with van der Waals surface area (Å²) in [5.41, 5.74) is 0.457. The summed E-state index contributed by atoms with van der Waals surface area (Å²) in [4.78, 5) is 37.2. The maximum Gasteiger partial charge on any atom is 0.311 e. The lowest BCUT2D eigenvalue weighted by Crippen LogP contribution is -2.49. The number of likely N-dealkylation sites (N-methyl/N-ethyl adjacent to an activating group) is 1. The number of nitro benzene ring substituents is 1. The zero-order valence-corrected chi connectivity index (χ0v) is 19.3. The maximum absolute atomic E-state index is 13.0. The summed E-state index contributed by atoms with van der Waals surface area (Å²) in [7, 11) is 1.30. The predicted octanol–water partition coefficient (Wildman–Crippen LogP) is 3.84. The average Bonchev–Trinajstić information content (AvgIpc) is 2.77. The fourth-order valence-corrected chi connectivity index (χ4v) is 3.19. The molecule has 1 atom stereocenters. The number of hydrogen-bond acceptors (Lipinski definition) is 6. The van der Waals surface area contributed by atoms with Crippen molar-refractivity contribution in [2.24, 2.45) is 0 Å². The number of hydrogen-bond donors (Lipinski definition) is 1. The Kier molecular flexibility index (Phi) is 9.10. The average molecular weight is 484 g/mol. The molecule has 0 fully saturated rings. The van der Waals surface area contributed by atoms with E-state index in [1.165, 1.54) is 30.2 Å². The van der Waals surface area contributed by atoms with Crippen LogP contribution in [0.15, 0.2) is 36.4 Å². The maximum atomic E-state index is 13.0. The van der Waals surface area contributed by atoms with Gasteiger partial charge in [0.25, 0.3) is 5.91 Å². The summed E-state index contributed by atoms with van der Waals surface area (Å²) in [6.07, 6.45) is 0. The van der Waals surface area contributed by atoms with Gasteiger partial charge < -0.3 is 19.7 Å². The lowest BCUT2D eigenvalue weighted by Gasteiger charge is -2.28. The van der Waals surface area contributed by atoms with E-state index in [0.717, 1.165) is 0 Å². The van der Waals surface area contributed by atoms with Crippen LogP contribution < -0.4 is 14.8 Å². The van der Waals surface area contributed by atoms with Crippen molar-refractivity contribution < 1.29 is 24.0 Å². The number of nitrogens with zero attached hydrogens (tertiary/aromatic N) is 2. The fourth-order valence-electron chi connectivity index (χ4n) is 2.87. The van der Waals surface area contributed by atoms with Crippen molar-refractivity contribution >= 4 is 40.7 Å². The Morgan fingerprint density at radius 2 is 1.91 bits per heavy atom. The number of carbonyl (C=O) groups is 2. The molecule has 0 unspecified atom stereocenters. The Morgan fingerprint density at radius 3 is 2.50 bits per heavy atom. The van der Waals surface area contributed by atoms with Crippen LogP contribution in [0.1, 0.15) is 19.4 Å². The van der Waals surface area contributed by atoms with E-state index in [-0.39, 0.29) is 29.6 Å². The van der Waals surface area contributed by atoms with Gasteiger partial charge in [0.2, 0.25) is 11.7 Å². The van der Waals surface area contributed by atoms with Crippen LogP contribution >= 0.6 is 23.2 Å². The van der Waals surface area contributed by atoms with E-state index in [2.05, 4.69) is 5.32 Å². The minimum Gasteiger partial charge on any atom is -0.490 e. The van der Waals surface area contributed by atoms with Gasteiger partial charge >= 0.3 is 5.69 Å². The summed E-state index contributed by atoms with van der Waals surface area (Å²) in [6, 6.07) is 8.07. The number of benzene rings is 2. The molecule has 0 aliphatic heterocycles. The van der Waals surface area contributed by atoms with Crippen LogP contribution in [0.3, 0.4) is 0 Å². The van der Waals surface area contributed by atoms with Crippen LogP contribution in [0, 0.1) is 10.1 Å². The number of nitrogens with one attached hydrogen (secondary N) is 1. The first kappa shape index (κ1) is 25.2. The SMILES string of the molecule is CCNC(=O)[C@@H](C)N(Cc1ccc(Cl)c(Cl)c1)C(=O)COc1ccc([N+](=O)[O-])c(OC)c1. The van der Waals surface area contributed by atoms with Crippen molar-refractivity contribution in [2.45, 2.75) is 26.4 Å². The highest BCUT2D eigenvalue weighted by Crippen LogP contribution is 2.31. The first-order valence-corrected chi connectivity index (χ1v) is 10.4. The van der Waals surface area contributed by atoms with Gasteiger partial charge in [-0.3, -0.25) is 19.7 Å². The van der Waals surface area contributed by atoms with Gasteiger partial charge in [0.05, 0.1) is 22.1 Å². The molecule has 2 aromatic rings. The van der Waals surface area contributed by atoms with Crippen molar-refractivity contribution in [2.75, 3.05) is 20.3 Å². The molecule has 2 aromatic carbocycles. The van der Waals surface area contributed by atoms with Gasteiger partial charge in [0, 0.05) is 25.2 Å². The van der Waals surface area contributed by atoms with E-state index < -0.39 is 23.5 Å². The molecule has 0 spiro atoms. The molecule has 0 heterocycles. The molecule has 1 N–H and O–H groups in total. The highest BCUT2D eigenvalue weighted by atomic mass is 35.5. The summed E-state index contributed by atoms with van der Waals surface area (Å²) in [6.45, 7) is 3.50. The third-order valence-corrected chi connectivity index (χ3v) is 5.30. The Balaban J connectivity index is 2.20. The smallest absolute Gasteiger partial charge is 0.311 e. The van der Waals surface area contributed by atoms with Gasteiger partial charge in [0.15, 0.2) is 6.61 Å². The molecule has 0 bridgehead atoms. The molecule has 0 aromatic heterocycles. The first-order valence-electron chi connectivity index (χ1n) is 9.64. The fraction of sp³-hybridized carbons (Fsp3) is 0.333. The topological polar surface area (TPSA) is 111 Å². The third-order valence-electron chi connectivity index (χ3n) is 4.57. The molecule has 32 heavy (non-hydrogen) atoms. The summed E-state index contributed by atoms with van der Waals surface area (Å²) < 4.78 is 10.5. The van der Waals surface area contributed by atoms with Crippen molar-refractivity contribution in [3.8, 4) is 11.5 Å². The Labute approximate surface area is 195 Å². The highest BCUT2D eigenvalue weighted by molar-refractivity contribution is 6.42. The number of methoxy groups -OCH3 is 1. The monoisotopic (exact) mass is 483 g/mol. The van der Waals surface area contributed by atoms with E-state index in [9.17, 15) is 19.7 Å². The van der Waals surface area contributed by atoms with Gasteiger partial charge in [0.1, 0.15) is 11.8 Å². The Hall–Kier alpha value is -3.04. The largest absolute Gasteiger partial charge is 0.490 e. The van der Waals surface area contributed by atoms with Gasteiger partial charge in [-0.1, -0.05) is 29.3 Å². The van der Waals surface area contributed by atoms with Gasteiger partial charge in [-0.2, -0.15) is 0 Å². The van der Waals surface area contributed by atoms with E-state index in [4.69, 9.17) is 32.7 Å². The lowest BCUT2D eigenvalue weighted by atomic mass is 10.1. The van der Waals surface area contributed by atoms with Gasteiger partial charge in [-0.05, 0) is 37.6 Å². The zero-order valence-electron chi connectivity index (χ0n) is 17.8. The quantitative estimate of drug-likeness (QED) is 0.405. The predicted molar refractivity (Wildman–Crippen MR) is 120 cm³/mol. The van der Waals surface area contributed by atoms with Crippen LogP contribution in [0.25, 0.3) is 0 Å². The second-order valence-electron chi connectivity index (χ2n) is 6.72. The third kappa shape index (κ3) is 6.48. The second kappa shape index (κ2) is 11.5. The minimum absolute atomic E-state index is 0.00306. The van der Waals surface area contributed by atoms with Crippen molar-refractivity contribution in [3.05, 3.63) is 62.1 Å². The molecular weight excluding hydrogens is 461 g/mol.